The highest BCUT2D eigenvalue weighted by Gasteiger charge is 2.60. The molecule has 3 aliphatic rings. The van der Waals surface area contributed by atoms with Gasteiger partial charge >= 0.3 is 0 Å². The van der Waals surface area contributed by atoms with Gasteiger partial charge in [-0.2, -0.15) is 0 Å². The van der Waals surface area contributed by atoms with Gasteiger partial charge in [-0.1, -0.05) is 45.4 Å². The molecule has 0 bridgehead atoms. The van der Waals surface area contributed by atoms with Gasteiger partial charge in [-0.15, -0.1) is 0 Å². The molecular weight excluding hydrogens is 352 g/mol. The van der Waals surface area contributed by atoms with E-state index in [1.165, 1.54) is 35.6 Å². The van der Waals surface area contributed by atoms with E-state index in [9.17, 15) is 4.79 Å². The number of piperidine rings is 1. The van der Waals surface area contributed by atoms with Gasteiger partial charge < -0.3 is 5.32 Å². The number of fused-ring (bicyclic) bond motifs is 1. The summed E-state index contributed by atoms with van der Waals surface area (Å²) in [5, 5.41) is 4.50. The van der Waals surface area contributed by atoms with Crippen LogP contribution < -0.4 is 10.0 Å². The first-order valence-electron chi connectivity index (χ1n) is 10.6. The van der Waals surface area contributed by atoms with Gasteiger partial charge in [0.2, 0.25) is 5.91 Å². The molecule has 27 heavy (non-hydrogen) atoms. The fourth-order valence-corrected chi connectivity index (χ4v) is 8.12. The molecule has 5 heteroatoms. The molecule has 2 aliphatic heterocycles. The van der Waals surface area contributed by atoms with E-state index in [-0.39, 0.29) is 16.9 Å². The number of amides is 1. The van der Waals surface area contributed by atoms with Crippen LogP contribution in [0.3, 0.4) is 0 Å². The summed E-state index contributed by atoms with van der Waals surface area (Å²) in [6.07, 6.45) is 6.54. The van der Waals surface area contributed by atoms with Crippen molar-refractivity contribution in [1.82, 2.24) is 5.32 Å². The Labute approximate surface area is 165 Å². The largest absolute Gasteiger partial charge is 0.356 e. The summed E-state index contributed by atoms with van der Waals surface area (Å²) < 4.78 is 2.37. The molecule has 1 aromatic heterocycles. The zero-order valence-electron chi connectivity index (χ0n) is 17.5. The van der Waals surface area contributed by atoms with Crippen molar-refractivity contribution < 1.29 is 9.63 Å². The maximum absolute atomic E-state index is 12.0. The minimum absolute atomic E-state index is 0.0796. The third-order valence-electron chi connectivity index (χ3n) is 7.15. The smallest absolute Gasteiger partial charge is 0.220 e. The molecule has 3 atom stereocenters. The highest BCUT2D eigenvalue weighted by Crippen LogP contribution is 2.50. The van der Waals surface area contributed by atoms with Gasteiger partial charge in [0.25, 0.3) is 0 Å². The number of hydrogen-bond donors (Lipinski definition) is 1. The molecule has 1 N–H and O–H groups in total. The zero-order valence-corrected chi connectivity index (χ0v) is 18.5. The minimum atomic E-state index is -0.977. The van der Waals surface area contributed by atoms with Crippen LogP contribution in [0.2, 0.25) is 0 Å². The fourth-order valence-electron chi connectivity index (χ4n) is 5.60. The van der Waals surface area contributed by atoms with E-state index in [1.54, 1.807) is 0 Å². The molecule has 0 radical (unpaired) electrons. The molecule has 3 unspecified atom stereocenters. The van der Waals surface area contributed by atoms with Crippen LogP contribution in [0.25, 0.3) is 0 Å². The van der Waals surface area contributed by atoms with E-state index < -0.39 is 8.56 Å². The van der Waals surface area contributed by atoms with Gasteiger partial charge in [0.05, 0.1) is 6.04 Å². The standard InChI is InChI=1S/C22H34N2O2Si/c1-15-16(2)27(13-10-18(15)21(3,4)5)24-19-8-6-7-11-22(19,26-24)17-9-12-23-20(25)14-17/h10,13,17,19H,6-9,11-12,14H2,1-5H3,(H,23,25). The molecule has 3 fully saturated rings. The average molecular weight is 387 g/mol. The topological polar surface area (TPSA) is 41.6 Å². The lowest BCUT2D eigenvalue weighted by Crippen LogP contribution is -2.76. The van der Waals surface area contributed by atoms with Crippen LogP contribution in [0.4, 0.5) is 0 Å². The summed E-state index contributed by atoms with van der Waals surface area (Å²) in [5.74, 6) is 0.583. The Balaban J connectivity index is 1.63. The predicted octanol–water partition coefficient (Wildman–Crippen LogP) is 3.72. The monoisotopic (exact) mass is 386 g/mol. The first-order chi connectivity index (χ1) is 12.7. The molecule has 2 saturated heterocycles. The van der Waals surface area contributed by atoms with Crippen molar-refractivity contribution in [2.24, 2.45) is 5.92 Å². The second-order valence-electron chi connectivity index (χ2n) is 9.81. The van der Waals surface area contributed by atoms with Crippen LogP contribution >= 0.6 is 0 Å². The summed E-state index contributed by atoms with van der Waals surface area (Å²) in [4.78, 5) is 18.7. The summed E-state index contributed by atoms with van der Waals surface area (Å²) >= 11 is 0. The number of hydrogen-bond acceptors (Lipinski definition) is 3. The number of rotatable bonds is 2. The first kappa shape index (κ1) is 19.1. The molecule has 4 rings (SSSR count). The zero-order chi connectivity index (χ0) is 19.4. The van der Waals surface area contributed by atoms with E-state index in [4.69, 9.17) is 4.84 Å². The van der Waals surface area contributed by atoms with Crippen LogP contribution in [0.5, 0.6) is 0 Å². The number of nitrogens with zero attached hydrogens (tertiary/aromatic N) is 1. The quantitative estimate of drug-likeness (QED) is 0.788. The Morgan fingerprint density at radius 2 is 2.04 bits per heavy atom. The van der Waals surface area contributed by atoms with Crippen LogP contribution in [0.15, 0.2) is 11.7 Å². The van der Waals surface area contributed by atoms with Crippen LogP contribution in [-0.4, -0.2) is 32.7 Å². The molecule has 1 aliphatic carbocycles. The van der Waals surface area contributed by atoms with Crippen molar-refractivity contribution in [3.8, 4) is 0 Å². The van der Waals surface area contributed by atoms with Crippen molar-refractivity contribution in [2.75, 3.05) is 11.3 Å². The van der Waals surface area contributed by atoms with Crippen LogP contribution in [0.1, 0.15) is 75.6 Å². The molecule has 1 aromatic rings. The fraction of sp³-hybridized carbons (Fsp3) is 0.727. The summed E-state index contributed by atoms with van der Waals surface area (Å²) in [6.45, 7) is 12.3. The minimum Gasteiger partial charge on any atom is -0.356 e. The maximum atomic E-state index is 12.0. The molecule has 4 nitrogen and oxygen atoms in total. The molecule has 0 spiro atoms. The maximum Gasteiger partial charge on any atom is 0.220 e. The first-order valence-corrected chi connectivity index (χ1v) is 12.1. The molecule has 148 valence electrons. The number of carbonyl (C=O) groups is 1. The predicted molar refractivity (Wildman–Crippen MR) is 111 cm³/mol. The molecule has 3 heterocycles. The second-order valence-corrected chi connectivity index (χ2v) is 12.1. The summed E-state index contributed by atoms with van der Waals surface area (Å²) in [6, 6.07) is 2.84. The molecular formula is C22H34N2O2Si. The van der Waals surface area contributed by atoms with Crippen molar-refractivity contribution in [3.63, 3.8) is 0 Å². The Morgan fingerprint density at radius 3 is 2.74 bits per heavy atom. The van der Waals surface area contributed by atoms with E-state index in [0.29, 0.717) is 18.4 Å². The number of hydroxylamine groups is 1. The van der Waals surface area contributed by atoms with Gasteiger partial charge in [0.15, 0.2) is 8.56 Å². The van der Waals surface area contributed by atoms with E-state index in [1.807, 2.05) is 0 Å². The van der Waals surface area contributed by atoms with E-state index in [0.717, 1.165) is 19.4 Å². The summed E-state index contributed by atoms with van der Waals surface area (Å²) in [5.41, 5.74) is 5.43. The Hall–Kier alpha value is -1.20. The number of nitrogens with one attached hydrogen (secondary N) is 1. The van der Waals surface area contributed by atoms with Crippen molar-refractivity contribution in [1.29, 1.82) is 0 Å². The van der Waals surface area contributed by atoms with Gasteiger partial charge in [0.1, 0.15) is 5.60 Å². The van der Waals surface area contributed by atoms with E-state index in [2.05, 4.69) is 56.4 Å². The Kier molecular flexibility index (Phi) is 4.74. The normalized spacial score (nSPS) is 31.1. The van der Waals surface area contributed by atoms with Crippen molar-refractivity contribution >= 4 is 14.5 Å². The lowest BCUT2D eigenvalue weighted by molar-refractivity contribution is -0.231. The average Bonchev–Trinajstić information content (AvgIpc) is 2.58. The highest BCUT2D eigenvalue weighted by atomic mass is 28.2. The SMILES string of the molecule is Cc1c(C(C)(C)C)cc[si](N2OC3(C4CCNC(=O)C4)CCCCC23)c1C. The van der Waals surface area contributed by atoms with Gasteiger partial charge in [-0.25, -0.2) is 0 Å². The molecule has 0 aromatic carbocycles. The van der Waals surface area contributed by atoms with Gasteiger partial charge in [-0.05, 0) is 54.8 Å². The highest BCUT2D eigenvalue weighted by molar-refractivity contribution is 6.56. The van der Waals surface area contributed by atoms with Crippen LogP contribution in [-0.2, 0) is 15.0 Å². The van der Waals surface area contributed by atoms with E-state index >= 15 is 0 Å². The number of carbonyl (C=O) groups excluding carboxylic acids is 1. The Morgan fingerprint density at radius 1 is 1.26 bits per heavy atom. The third-order valence-corrected chi connectivity index (χ3v) is 9.66. The van der Waals surface area contributed by atoms with Gasteiger partial charge in [0, 0.05) is 18.9 Å². The lowest BCUT2D eigenvalue weighted by Gasteiger charge is -2.63. The van der Waals surface area contributed by atoms with Crippen molar-refractivity contribution in [2.45, 2.75) is 90.2 Å². The van der Waals surface area contributed by atoms with Gasteiger partial charge in [-0.3, -0.25) is 14.4 Å². The molecule has 1 amide bonds. The summed E-state index contributed by atoms with van der Waals surface area (Å²) in [7, 11) is -0.977. The Bertz CT molecular complexity index is 757. The second kappa shape index (κ2) is 6.70. The lowest BCUT2D eigenvalue weighted by atomic mass is 9.67. The third kappa shape index (κ3) is 3.07. The van der Waals surface area contributed by atoms with Crippen LogP contribution in [0, 0.1) is 19.8 Å². The molecule has 1 saturated carbocycles. The van der Waals surface area contributed by atoms with Crippen molar-refractivity contribution in [3.05, 3.63) is 28.0 Å².